The minimum atomic E-state index is -3.02. The Bertz CT molecular complexity index is 67.6. The lowest BCUT2D eigenvalue weighted by molar-refractivity contribution is -0.141. The summed E-state index contributed by atoms with van der Waals surface area (Å²) in [5.41, 5.74) is 0. The molecule has 0 N–H and O–H groups in total. The lowest BCUT2D eigenvalue weighted by atomic mass is 10.5. The standard InChI is InChI=1S/C4H6F4O/c5-1-3(6)2-9-4(7)8/h3-4H,1-2H2. The average Bonchev–Trinajstić information content (AvgIpc) is 1.83. The van der Waals surface area contributed by atoms with Gasteiger partial charge in [-0.3, -0.25) is 0 Å². The van der Waals surface area contributed by atoms with Gasteiger partial charge in [0.1, 0.15) is 6.67 Å². The highest BCUT2D eigenvalue weighted by molar-refractivity contribution is 4.48. The number of ether oxygens (including phenoxy) is 1. The van der Waals surface area contributed by atoms with Gasteiger partial charge in [0.2, 0.25) is 0 Å². The molecule has 0 radical (unpaired) electrons. The quantitative estimate of drug-likeness (QED) is 0.546. The molecule has 0 aliphatic carbocycles. The fourth-order valence-corrected chi connectivity index (χ4v) is 0.222. The van der Waals surface area contributed by atoms with Crippen LogP contribution in [0.4, 0.5) is 17.6 Å². The number of rotatable bonds is 4. The molecule has 1 unspecified atom stereocenters. The van der Waals surface area contributed by atoms with Gasteiger partial charge in [-0.1, -0.05) is 0 Å². The van der Waals surface area contributed by atoms with Gasteiger partial charge in [-0.15, -0.1) is 0 Å². The Balaban J connectivity index is 3.06. The normalized spacial score (nSPS) is 14.3. The van der Waals surface area contributed by atoms with Gasteiger partial charge in [-0.05, 0) is 0 Å². The first-order valence-corrected chi connectivity index (χ1v) is 2.26. The smallest absolute Gasteiger partial charge is 0.320 e. The molecule has 0 aromatic heterocycles. The van der Waals surface area contributed by atoms with E-state index in [1.165, 1.54) is 0 Å². The SMILES string of the molecule is FCC(F)COC(F)F. The van der Waals surface area contributed by atoms with Gasteiger partial charge in [-0.25, -0.2) is 8.78 Å². The van der Waals surface area contributed by atoms with Gasteiger partial charge in [-0.2, -0.15) is 8.78 Å². The van der Waals surface area contributed by atoms with E-state index in [4.69, 9.17) is 0 Å². The molecule has 0 rings (SSSR count). The Hall–Kier alpha value is -0.320. The van der Waals surface area contributed by atoms with Crippen LogP contribution in [0.1, 0.15) is 0 Å². The Morgan fingerprint density at radius 1 is 1.22 bits per heavy atom. The molecule has 1 nitrogen and oxygen atoms in total. The largest absolute Gasteiger partial charge is 0.345 e. The number of hydrogen-bond acceptors (Lipinski definition) is 1. The highest BCUT2D eigenvalue weighted by atomic mass is 19.3. The molecule has 0 heterocycles. The van der Waals surface area contributed by atoms with Gasteiger partial charge < -0.3 is 4.74 Å². The van der Waals surface area contributed by atoms with E-state index in [0.717, 1.165) is 0 Å². The molecule has 9 heavy (non-hydrogen) atoms. The Morgan fingerprint density at radius 2 is 1.78 bits per heavy atom. The third kappa shape index (κ3) is 5.55. The first-order valence-electron chi connectivity index (χ1n) is 2.26. The van der Waals surface area contributed by atoms with E-state index in [1.54, 1.807) is 0 Å². The Labute approximate surface area is 49.6 Å². The molecule has 0 bridgehead atoms. The third-order valence-corrected chi connectivity index (χ3v) is 0.570. The molecule has 5 heteroatoms. The van der Waals surface area contributed by atoms with Crippen LogP contribution in [0.3, 0.4) is 0 Å². The zero-order chi connectivity index (χ0) is 7.28. The maximum atomic E-state index is 11.7. The van der Waals surface area contributed by atoms with Crippen molar-refractivity contribution < 1.29 is 22.3 Å². The van der Waals surface area contributed by atoms with Crippen molar-refractivity contribution in [2.45, 2.75) is 12.8 Å². The summed E-state index contributed by atoms with van der Waals surface area (Å²) in [5, 5.41) is 0. The highest BCUT2D eigenvalue weighted by Gasteiger charge is 2.09. The van der Waals surface area contributed by atoms with Crippen molar-refractivity contribution in [2.24, 2.45) is 0 Å². The summed E-state index contributed by atoms with van der Waals surface area (Å²) in [6, 6.07) is 0. The average molecular weight is 146 g/mol. The predicted octanol–water partition coefficient (Wildman–Crippen LogP) is 1.53. The lowest BCUT2D eigenvalue weighted by Crippen LogP contribution is -2.14. The van der Waals surface area contributed by atoms with Crippen molar-refractivity contribution in [2.75, 3.05) is 13.3 Å². The zero-order valence-corrected chi connectivity index (χ0v) is 4.49. The fourth-order valence-electron chi connectivity index (χ4n) is 0.222. The molecule has 0 aliphatic rings. The van der Waals surface area contributed by atoms with Crippen molar-refractivity contribution in [3.8, 4) is 0 Å². The minimum Gasteiger partial charge on any atom is -0.320 e. The van der Waals surface area contributed by atoms with Crippen LogP contribution in [-0.4, -0.2) is 26.1 Å². The molecule has 0 aromatic carbocycles. The van der Waals surface area contributed by atoms with Crippen molar-refractivity contribution in [3.63, 3.8) is 0 Å². The molecule has 0 saturated heterocycles. The van der Waals surface area contributed by atoms with E-state index in [9.17, 15) is 17.6 Å². The van der Waals surface area contributed by atoms with Crippen LogP contribution in [0.15, 0.2) is 0 Å². The second-order valence-electron chi connectivity index (χ2n) is 1.35. The van der Waals surface area contributed by atoms with E-state index < -0.39 is 26.1 Å². The molecule has 0 fully saturated rings. The Kier molecular flexibility index (Phi) is 4.39. The topological polar surface area (TPSA) is 9.23 Å². The summed E-state index contributed by atoms with van der Waals surface area (Å²) in [4.78, 5) is 0. The lowest BCUT2D eigenvalue weighted by Gasteiger charge is -2.02. The monoisotopic (exact) mass is 146 g/mol. The van der Waals surface area contributed by atoms with E-state index in [1.807, 2.05) is 0 Å². The van der Waals surface area contributed by atoms with Crippen molar-refractivity contribution in [1.82, 2.24) is 0 Å². The van der Waals surface area contributed by atoms with Crippen molar-refractivity contribution in [1.29, 1.82) is 0 Å². The van der Waals surface area contributed by atoms with Gasteiger partial charge >= 0.3 is 6.61 Å². The summed E-state index contributed by atoms with van der Waals surface area (Å²) >= 11 is 0. The molecule has 56 valence electrons. The second kappa shape index (κ2) is 4.55. The van der Waals surface area contributed by atoms with Gasteiger partial charge in [0, 0.05) is 0 Å². The fraction of sp³-hybridized carbons (Fsp3) is 1.00. The van der Waals surface area contributed by atoms with Gasteiger partial charge in [0.25, 0.3) is 0 Å². The van der Waals surface area contributed by atoms with Crippen LogP contribution < -0.4 is 0 Å². The zero-order valence-electron chi connectivity index (χ0n) is 4.49. The second-order valence-corrected chi connectivity index (χ2v) is 1.35. The van der Waals surface area contributed by atoms with Crippen LogP contribution in [0, 0.1) is 0 Å². The maximum Gasteiger partial charge on any atom is 0.345 e. The molecule has 1 atom stereocenters. The molecule has 0 saturated carbocycles. The highest BCUT2D eigenvalue weighted by Crippen LogP contribution is 1.98. The molecular weight excluding hydrogens is 140 g/mol. The molecule has 0 aliphatic heterocycles. The van der Waals surface area contributed by atoms with Crippen LogP contribution in [0.25, 0.3) is 0 Å². The molecule has 0 amide bonds. The summed E-state index contributed by atoms with van der Waals surface area (Å²) < 4.78 is 48.3. The van der Waals surface area contributed by atoms with Crippen LogP contribution in [-0.2, 0) is 4.74 Å². The molecular formula is C4H6F4O. The maximum absolute atomic E-state index is 11.7. The first kappa shape index (κ1) is 8.68. The van der Waals surface area contributed by atoms with E-state index in [0.29, 0.717) is 0 Å². The summed E-state index contributed by atoms with van der Waals surface area (Å²) in [6.07, 6.45) is -1.93. The molecule has 0 aromatic rings. The van der Waals surface area contributed by atoms with E-state index >= 15 is 0 Å². The summed E-state index contributed by atoms with van der Waals surface area (Å²) in [7, 11) is 0. The number of hydrogen-bond donors (Lipinski definition) is 0. The van der Waals surface area contributed by atoms with Crippen molar-refractivity contribution >= 4 is 0 Å². The van der Waals surface area contributed by atoms with Crippen LogP contribution in [0.2, 0.25) is 0 Å². The van der Waals surface area contributed by atoms with E-state index in [2.05, 4.69) is 4.74 Å². The molecule has 0 spiro atoms. The van der Waals surface area contributed by atoms with E-state index in [-0.39, 0.29) is 0 Å². The first-order chi connectivity index (χ1) is 4.16. The van der Waals surface area contributed by atoms with Crippen molar-refractivity contribution in [3.05, 3.63) is 0 Å². The van der Waals surface area contributed by atoms with Crippen LogP contribution >= 0.6 is 0 Å². The van der Waals surface area contributed by atoms with Gasteiger partial charge in [0.15, 0.2) is 6.17 Å². The van der Waals surface area contributed by atoms with Gasteiger partial charge in [0.05, 0.1) is 6.61 Å². The predicted molar refractivity (Wildman–Crippen MR) is 22.8 cm³/mol. The Morgan fingerprint density at radius 3 is 2.11 bits per heavy atom. The number of halogens is 4. The summed E-state index contributed by atoms with van der Waals surface area (Å²) in [5.74, 6) is 0. The van der Waals surface area contributed by atoms with Crippen LogP contribution in [0.5, 0.6) is 0 Å². The third-order valence-electron chi connectivity index (χ3n) is 0.570. The summed E-state index contributed by atoms with van der Waals surface area (Å²) in [6.45, 7) is -5.18. The number of alkyl halides is 4. The minimum absolute atomic E-state index is 0.881.